The van der Waals surface area contributed by atoms with Gasteiger partial charge in [0.15, 0.2) is 0 Å². The Hall–Kier alpha value is -1.77. The molecule has 3 atom stereocenters. The summed E-state index contributed by atoms with van der Waals surface area (Å²) in [5.74, 6) is -0.497. The SMILES string of the molecule is CCCCCCCC/C=C/CCCCCCCCCCCCCCCC(=O)NC(COP(=O)(O)OCC[N+](C)(C)C)C(/C=C\CCCCCCCCCCC)OC(=O)CCCCCCCCC/C=C/CCCCCCCC. The van der Waals surface area contributed by atoms with E-state index in [4.69, 9.17) is 13.8 Å². The van der Waals surface area contributed by atoms with E-state index in [2.05, 4.69) is 50.4 Å². The zero-order valence-electron chi connectivity index (χ0n) is 52.0. The first-order chi connectivity index (χ1) is 37.4. The van der Waals surface area contributed by atoms with E-state index in [9.17, 15) is 19.0 Å². The molecule has 0 aromatic rings. The second-order valence-corrected chi connectivity index (χ2v) is 25.4. The molecule has 0 aromatic carbocycles. The number of nitrogens with one attached hydrogen (secondary N) is 1. The van der Waals surface area contributed by atoms with Crippen molar-refractivity contribution < 1.29 is 37.3 Å². The van der Waals surface area contributed by atoms with Gasteiger partial charge in [0.25, 0.3) is 0 Å². The lowest BCUT2D eigenvalue weighted by molar-refractivity contribution is -0.870. The van der Waals surface area contributed by atoms with Gasteiger partial charge in [-0.15, -0.1) is 0 Å². The molecule has 9 nitrogen and oxygen atoms in total. The number of amides is 1. The van der Waals surface area contributed by atoms with Gasteiger partial charge in [0.1, 0.15) is 19.3 Å². The molecular weight excluding hydrogens is 976 g/mol. The van der Waals surface area contributed by atoms with Crippen LogP contribution in [0.4, 0.5) is 0 Å². The first-order valence-corrected chi connectivity index (χ1v) is 34.8. The predicted octanol–water partition coefficient (Wildman–Crippen LogP) is 20.7. The van der Waals surface area contributed by atoms with Crippen LogP contribution in [0.15, 0.2) is 36.5 Å². The fourth-order valence-electron chi connectivity index (χ4n) is 9.87. The molecule has 0 saturated heterocycles. The van der Waals surface area contributed by atoms with Gasteiger partial charge in [-0.2, -0.15) is 0 Å². The highest BCUT2D eigenvalue weighted by molar-refractivity contribution is 7.47. The Morgan fingerprint density at radius 1 is 0.442 bits per heavy atom. The maximum Gasteiger partial charge on any atom is 0.472 e. The van der Waals surface area contributed by atoms with Crippen LogP contribution in [0.1, 0.15) is 329 Å². The number of nitrogens with zero attached hydrogens (tertiary/aromatic N) is 1. The molecule has 0 aliphatic rings. The Labute approximate surface area is 478 Å². The molecule has 454 valence electrons. The van der Waals surface area contributed by atoms with Gasteiger partial charge >= 0.3 is 13.8 Å². The summed E-state index contributed by atoms with van der Waals surface area (Å²) in [4.78, 5) is 37.8. The number of hydrogen-bond acceptors (Lipinski definition) is 6. The van der Waals surface area contributed by atoms with E-state index in [1.807, 2.05) is 33.3 Å². The monoisotopic (exact) mass is 1110 g/mol. The normalized spacial score (nSPS) is 13.8. The summed E-state index contributed by atoms with van der Waals surface area (Å²) >= 11 is 0. The van der Waals surface area contributed by atoms with Crippen molar-refractivity contribution in [1.82, 2.24) is 5.32 Å². The van der Waals surface area contributed by atoms with E-state index in [1.165, 1.54) is 238 Å². The summed E-state index contributed by atoms with van der Waals surface area (Å²) in [6.07, 6.45) is 70.0. The van der Waals surface area contributed by atoms with Crippen molar-refractivity contribution >= 4 is 19.7 Å². The van der Waals surface area contributed by atoms with E-state index in [0.29, 0.717) is 17.4 Å². The summed E-state index contributed by atoms with van der Waals surface area (Å²) in [5, 5.41) is 3.07. The first-order valence-electron chi connectivity index (χ1n) is 33.3. The van der Waals surface area contributed by atoms with Crippen LogP contribution in [0.3, 0.4) is 0 Å². The maximum atomic E-state index is 13.6. The van der Waals surface area contributed by atoms with Crippen LogP contribution in [0.5, 0.6) is 0 Å². The lowest BCUT2D eigenvalue weighted by Gasteiger charge is -2.27. The van der Waals surface area contributed by atoms with Gasteiger partial charge in [-0.05, 0) is 83.1 Å². The Kier molecular flexibility index (Phi) is 56.1. The van der Waals surface area contributed by atoms with E-state index >= 15 is 0 Å². The lowest BCUT2D eigenvalue weighted by Crippen LogP contribution is -2.47. The number of quaternary nitrogens is 1. The minimum absolute atomic E-state index is 0.0416. The third-order valence-corrected chi connectivity index (χ3v) is 16.0. The third kappa shape index (κ3) is 58.7. The second kappa shape index (κ2) is 57.5. The Bertz CT molecular complexity index is 1410. The lowest BCUT2D eigenvalue weighted by atomic mass is 10.0. The zero-order chi connectivity index (χ0) is 56.4. The molecule has 0 bridgehead atoms. The zero-order valence-corrected chi connectivity index (χ0v) is 52.9. The number of phosphoric ester groups is 1. The van der Waals surface area contributed by atoms with Crippen molar-refractivity contribution in [2.75, 3.05) is 40.9 Å². The van der Waals surface area contributed by atoms with Crippen LogP contribution in [0.2, 0.25) is 0 Å². The summed E-state index contributed by atoms with van der Waals surface area (Å²) in [7, 11) is 1.51. The Morgan fingerprint density at radius 3 is 1.10 bits per heavy atom. The molecule has 10 heteroatoms. The van der Waals surface area contributed by atoms with Crippen LogP contribution in [-0.2, 0) is 27.9 Å². The van der Waals surface area contributed by atoms with Gasteiger partial charge in [-0.25, -0.2) is 4.57 Å². The van der Waals surface area contributed by atoms with E-state index in [-0.39, 0.29) is 31.5 Å². The Balaban J connectivity index is 5.08. The smallest absolute Gasteiger partial charge is 0.456 e. The molecule has 2 N–H and O–H groups in total. The molecule has 0 aromatic heterocycles. The highest BCUT2D eigenvalue weighted by atomic mass is 31.2. The van der Waals surface area contributed by atoms with Crippen molar-refractivity contribution in [2.24, 2.45) is 0 Å². The maximum absolute atomic E-state index is 13.6. The first kappa shape index (κ1) is 75.2. The molecule has 1 amide bonds. The minimum atomic E-state index is -4.45. The number of carbonyl (C=O) groups is 2. The third-order valence-electron chi connectivity index (χ3n) is 15.1. The fraction of sp³-hybridized carbons (Fsp3) is 0.881. The molecule has 0 heterocycles. The van der Waals surface area contributed by atoms with Crippen molar-refractivity contribution in [2.45, 2.75) is 341 Å². The average molecular weight is 1110 g/mol. The molecule has 0 fully saturated rings. The highest BCUT2D eigenvalue weighted by Crippen LogP contribution is 2.43. The number of hydrogen-bond donors (Lipinski definition) is 2. The van der Waals surface area contributed by atoms with Gasteiger partial charge in [-0.1, -0.05) is 269 Å². The van der Waals surface area contributed by atoms with Crippen molar-refractivity contribution in [1.29, 1.82) is 0 Å². The molecule has 0 radical (unpaired) electrons. The number of likely N-dealkylation sites (N-methyl/N-ethyl adjacent to an activating group) is 1. The van der Waals surface area contributed by atoms with E-state index < -0.39 is 20.0 Å². The topological polar surface area (TPSA) is 111 Å². The van der Waals surface area contributed by atoms with E-state index in [1.54, 1.807) is 0 Å². The summed E-state index contributed by atoms with van der Waals surface area (Å²) < 4.78 is 30.7. The number of unbranched alkanes of at least 4 members (excludes halogenated alkanes) is 41. The van der Waals surface area contributed by atoms with Crippen LogP contribution in [0, 0.1) is 0 Å². The van der Waals surface area contributed by atoms with Crippen molar-refractivity contribution in [3.63, 3.8) is 0 Å². The van der Waals surface area contributed by atoms with Crippen molar-refractivity contribution in [3.8, 4) is 0 Å². The van der Waals surface area contributed by atoms with Crippen LogP contribution in [-0.4, -0.2) is 74.3 Å². The summed E-state index contributed by atoms with van der Waals surface area (Å²) in [5.41, 5.74) is 0. The van der Waals surface area contributed by atoms with Crippen LogP contribution in [0.25, 0.3) is 0 Å². The van der Waals surface area contributed by atoms with Gasteiger partial charge in [0.2, 0.25) is 5.91 Å². The minimum Gasteiger partial charge on any atom is -0.456 e. The number of esters is 1. The summed E-state index contributed by atoms with van der Waals surface area (Å²) in [6.45, 7) is 7.04. The molecule has 3 unspecified atom stereocenters. The molecular formula is C67H130N2O7P+. The molecule has 0 rings (SSSR count). The van der Waals surface area contributed by atoms with Crippen molar-refractivity contribution in [3.05, 3.63) is 36.5 Å². The Morgan fingerprint density at radius 2 is 0.753 bits per heavy atom. The van der Waals surface area contributed by atoms with Crippen LogP contribution < -0.4 is 5.32 Å². The second-order valence-electron chi connectivity index (χ2n) is 24.0. The quantitative estimate of drug-likeness (QED) is 0.0205. The van der Waals surface area contributed by atoms with E-state index in [0.717, 1.165) is 57.8 Å². The number of rotatable bonds is 61. The predicted molar refractivity (Wildman–Crippen MR) is 332 cm³/mol. The van der Waals surface area contributed by atoms with Gasteiger partial charge in [0, 0.05) is 12.8 Å². The number of ether oxygens (including phenoxy) is 1. The molecule has 0 aliphatic carbocycles. The van der Waals surface area contributed by atoms with Gasteiger partial charge in [-0.3, -0.25) is 18.6 Å². The molecule has 77 heavy (non-hydrogen) atoms. The molecule has 0 aliphatic heterocycles. The average Bonchev–Trinajstić information content (AvgIpc) is 3.39. The van der Waals surface area contributed by atoms with Gasteiger partial charge in [0.05, 0.1) is 33.8 Å². The summed E-state index contributed by atoms with van der Waals surface area (Å²) in [6, 6.07) is -0.847. The fourth-order valence-corrected chi connectivity index (χ4v) is 10.6. The standard InChI is InChI=1S/C67H129N2O7P/c1-7-10-13-16-19-22-25-27-29-31-32-33-34-35-36-38-39-41-44-47-50-53-56-59-66(70)68-64(63-75-77(72,73)74-62-61-69(4,5)6)65(58-55-52-49-46-43-24-21-18-15-12-9-3)76-67(71)60-57-54-51-48-45-42-40-37-30-28-26-23-20-17-14-11-8-2/h27-30,55,58,64-65H,7-26,31-54,56-57,59-63H2,1-6H3,(H-,68,70,72,73)/p+1/b29-27+,30-28+,58-55-. The largest absolute Gasteiger partial charge is 0.472 e. The van der Waals surface area contributed by atoms with Gasteiger partial charge < -0.3 is 19.4 Å². The highest BCUT2D eigenvalue weighted by Gasteiger charge is 2.30. The van der Waals surface area contributed by atoms with Crippen LogP contribution >= 0.6 is 7.82 Å². The number of carbonyl (C=O) groups excluding carboxylic acids is 2. The number of allylic oxidation sites excluding steroid dienone is 5. The molecule has 0 saturated carbocycles. The number of phosphoric acid groups is 1. The molecule has 0 spiro atoms.